The highest BCUT2D eigenvalue weighted by atomic mass is 16.3. The number of hydrogen-bond acceptors (Lipinski definition) is 5. The molecule has 0 aliphatic heterocycles. The first kappa shape index (κ1) is 12.7. The van der Waals surface area contributed by atoms with Crippen molar-refractivity contribution < 1.29 is 10.2 Å². The molecule has 0 saturated carbocycles. The van der Waals surface area contributed by atoms with Gasteiger partial charge in [-0.05, 0) is 13.8 Å². The summed E-state index contributed by atoms with van der Waals surface area (Å²) in [5.74, 6) is 0.571. The van der Waals surface area contributed by atoms with Crippen molar-refractivity contribution in [1.29, 1.82) is 0 Å². The zero-order valence-electron chi connectivity index (χ0n) is 10.5. The smallest absolute Gasteiger partial charge is 0.157 e. The maximum atomic E-state index is 9.30. The lowest BCUT2D eigenvalue weighted by molar-refractivity contribution is 0.147. The minimum Gasteiger partial charge on any atom is -0.394 e. The molecule has 18 heavy (non-hydrogen) atoms. The van der Waals surface area contributed by atoms with E-state index < -0.39 is 5.54 Å². The summed E-state index contributed by atoms with van der Waals surface area (Å²) in [4.78, 5) is 0. The van der Waals surface area contributed by atoms with Gasteiger partial charge in [0.25, 0.3) is 0 Å². The van der Waals surface area contributed by atoms with E-state index in [9.17, 15) is 10.2 Å². The van der Waals surface area contributed by atoms with Crippen LogP contribution >= 0.6 is 0 Å². The number of benzene rings is 1. The van der Waals surface area contributed by atoms with Gasteiger partial charge in [-0.25, -0.2) is 0 Å². The third-order valence-electron chi connectivity index (χ3n) is 2.99. The molecule has 2 aromatic rings. The summed E-state index contributed by atoms with van der Waals surface area (Å²) in [5.41, 5.74) is 0.0399. The molecule has 0 amide bonds. The van der Waals surface area contributed by atoms with Crippen molar-refractivity contribution in [3.8, 4) is 0 Å². The SMILES string of the molecule is Cc1nnc(NC(C)(CO)CO)c2ccccc12. The molecule has 2 rings (SSSR count). The Morgan fingerprint density at radius 1 is 1.11 bits per heavy atom. The molecule has 1 aromatic carbocycles. The number of fused-ring (bicyclic) bond motifs is 1. The van der Waals surface area contributed by atoms with Gasteiger partial charge in [-0.3, -0.25) is 0 Å². The molecule has 1 heterocycles. The lowest BCUT2D eigenvalue weighted by Crippen LogP contribution is -2.42. The van der Waals surface area contributed by atoms with Gasteiger partial charge in [0.15, 0.2) is 5.82 Å². The van der Waals surface area contributed by atoms with Gasteiger partial charge < -0.3 is 15.5 Å². The topological polar surface area (TPSA) is 78.3 Å². The fourth-order valence-electron chi connectivity index (χ4n) is 1.75. The van der Waals surface area contributed by atoms with E-state index in [4.69, 9.17) is 0 Å². The number of hydrogen-bond donors (Lipinski definition) is 3. The average Bonchev–Trinajstić information content (AvgIpc) is 2.42. The number of nitrogens with one attached hydrogen (secondary N) is 1. The van der Waals surface area contributed by atoms with E-state index in [0.29, 0.717) is 5.82 Å². The second-order valence-electron chi connectivity index (χ2n) is 4.68. The third-order valence-corrected chi connectivity index (χ3v) is 2.99. The zero-order valence-corrected chi connectivity index (χ0v) is 10.5. The van der Waals surface area contributed by atoms with Crippen LogP contribution in [0.25, 0.3) is 10.8 Å². The summed E-state index contributed by atoms with van der Waals surface area (Å²) in [6.45, 7) is 3.25. The van der Waals surface area contributed by atoms with Gasteiger partial charge in [0.2, 0.25) is 0 Å². The van der Waals surface area contributed by atoms with Crippen LogP contribution < -0.4 is 5.32 Å². The molecule has 0 spiro atoms. The second kappa shape index (κ2) is 4.88. The van der Waals surface area contributed by atoms with Crippen molar-refractivity contribution in [3.63, 3.8) is 0 Å². The molecular weight excluding hydrogens is 230 g/mol. The van der Waals surface area contributed by atoms with E-state index in [2.05, 4.69) is 15.5 Å². The molecular formula is C13H17N3O2. The molecule has 0 saturated heterocycles. The molecule has 3 N–H and O–H groups in total. The highest BCUT2D eigenvalue weighted by Gasteiger charge is 2.23. The summed E-state index contributed by atoms with van der Waals surface area (Å²) in [7, 11) is 0. The quantitative estimate of drug-likeness (QED) is 0.754. The molecule has 0 aliphatic rings. The predicted octanol–water partition coefficient (Wildman–Crippen LogP) is 1.09. The zero-order chi connectivity index (χ0) is 13.2. The molecule has 0 atom stereocenters. The molecule has 5 heteroatoms. The first-order chi connectivity index (χ1) is 8.59. The van der Waals surface area contributed by atoms with Crippen LogP contribution in [0.4, 0.5) is 5.82 Å². The Labute approximate surface area is 105 Å². The van der Waals surface area contributed by atoms with Gasteiger partial charge in [-0.1, -0.05) is 24.3 Å². The van der Waals surface area contributed by atoms with E-state index in [1.807, 2.05) is 31.2 Å². The lowest BCUT2D eigenvalue weighted by atomic mass is 10.0. The normalized spacial score (nSPS) is 11.8. The molecule has 0 bridgehead atoms. The average molecular weight is 247 g/mol. The fourth-order valence-corrected chi connectivity index (χ4v) is 1.75. The van der Waals surface area contributed by atoms with Crippen molar-refractivity contribution in [2.45, 2.75) is 19.4 Å². The van der Waals surface area contributed by atoms with Crippen molar-refractivity contribution >= 4 is 16.6 Å². The Hall–Kier alpha value is -1.72. The van der Waals surface area contributed by atoms with Crippen LogP contribution in [0.2, 0.25) is 0 Å². The molecule has 0 aliphatic carbocycles. The molecule has 1 aromatic heterocycles. The van der Waals surface area contributed by atoms with Crippen molar-refractivity contribution in [3.05, 3.63) is 30.0 Å². The van der Waals surface area contributed by atoms with Crippen LogP contribution in [0.5, 0.6) is 0 Å². The monoisotopic (exact) mass is 247 g/mol. The largest absolute Gasteiger partial charge is 0.394 e. The van der Waals surface area contributed by atoms with Gasteiger partial charge >= 0.3 is 0 Å². The minimum absolute atomic E-state index is 0.187. The van der Waals surface area contributed by atoms with Gasteiger partial charge in [0.1, 0.15) is 0 Å². The van der Waals surface area contributed by atoms with Crippen LogP contribution in [-0.4, -0.2) is 39.2 Å². The van der Waals surface area contributed by atoms with E-state index in [1.54, 1.807) is 6.92 Å². The predicted molar refractivity (Wildman–Crippen MR) is 70.5 cm³/mol. The molecule has 0 unspecified atom stereocenters. The summed E-state index contributed by atoms with van der Waals surface area (Å²) in [6.07, 6.45) is 0. The first-order valence-electron chi connectivity index (χ1n) is 5.81. The number of aromatic nitrogens is 2. The molecule has 0 radical (unpaired) electrons. The number of aliphatic hydroxyl groups is 2. The summed E-state index contributed by atoms with van der Waals surface area (Å²) < 4.78 is 0. The Morgan fingerprint density at radius 3 is 2.33 bits per heavy atom. The number of aliphatic hydroxyl groups excluding tert-OH is 2. The highest BCUT2D eigenvalue weighted by molar-refractivity contribution is 5.93. The van der Waals surface area contributed by atoms with Crippen LogP contribution in [0.15, 0.2) is 24.3 Å². The van der Waals surface area contributed by atoms with E-state index in [0.717, 1.165) is 16.5 Å². The molecule has 0 fully saturated rings. The van der Waals surface area contributed by atoms with Crippen LogP contribution in [0.3, 0.4) is 0 Å². The second-order valence-corrected chi connectivity index (χ2v) is 4.68. The third kappa shape index (κ3) is 2.27. The van der Waals surface area contributed by atoms with Gasteiger partial charge in [-0.2, -0.15) is 5.10 Å². The standard InChI is InChI=1S/C13H17N3O2/c1-9-10-5-3-4-6-11(10)12(16-15-9)14-13(2,7-17)8-18/h3-6,17-18H,7-8H2,1-2H3,(H,14,16). The minimum atomic E-state index is -0.813. The molecule has 5 nitrogen and oxygen atoms in total. The van der Waals surface area contributed by atoms with E-state index in [1.165, 1.54) is 0 Å². The Balaban J connectivity index is 2.49. The maximum absolute atomic E-state index is 9.30. The number of aryl methyl sites for hydroxylation is 1. The summed E-state index contributed by atoms with van der Waals surface area (Å²) >= 11 is 0. The first-order valence-corrected chi connectivity index (χ1v) is 5.81. The maximum Gasteiger partial charge on any atom is 0.157 e. The van der Waals surface area contributed by atoms with Crippen molar-refractivity contribution in [2.75, 3.05) is 18.5 Å². The van der Waals surface area contributed by atoms with Gasteiger partial charge in [0, 0.05) is 10.8 Å². The Bertz CT molecular complexity index is 553. The number of nitrogens with zero attached hydrogens (tertiary/aromatic N) is 2. The van der Waals surface area contributed by atoms with E-state index >= 15 is 0 Å². The highest BCUT2D eigenvalue weighted by Crippen LogP contribution is 2.24. The fraction of sp³-hybridized carbons (Fsp3) is 0.385. The Kier molecular flexibility index (Phi) is 3.45. The number of anilines is 1. The van der Waals surface area contributed by atoms with E-state index in [-0.39, 0.29) is 13.2 Å². The van der Waals surface area contributed by atoms with Crippen molar-refractivity contribution in [1.82, 2.24) is 10.2 Å². The van der Waals surface area contributed by atoms with Crippen LogP contribution in [0.1, 0.15) is 12.6 Å². The summed E-state index contributed by atoms with van der Waals surface area (Å²) in [6, 6.07) is 7.77. The van der Waals surface area contributed by atoms with Gasteiger partial charge in [0.05, 0.1) is 24.4 Å². The van der Waals surface area contributed by atoms with Crippen molar-refractivity contribution in [2.24, 2.45) is 0 Å². The number of rotatable bonds is 4. The lowest BCUT2D eigenvalue weighted by Gasteiger charge is -2.27. The van der Waals surface area contributed by atoms with Crippen LogP contribution in [-0.2, 0) is 0 Å². The van der Waals surface area contributed by atoms with Gasteiger partial charge in [-0.15, -0.1) is 5.10 Å². The van der Waals surface area contributed by atoms with Crippen LogP contribution in [0, 0.1) is 6.92 Å². The summed E-state index contributed by atoms with van der Waals surface area (Å²) in [5, 5.41) is 31.8. The Morgan fingerprint density at radius 2 is 1.72 bits per heavy atom. The molecule has 96 valence electrons.